The number of benzene rings is 1. The summed E-state index contributed by atoms with van der Waals surface area (Å²) < 4.78 is 0. The molecule has 1 amide bonds. The van der Waals surface area contributed by atoms with E-state index in [1.807, 2.05) is 11.9 Å². The molecule has 0 bridgehead atoms. The van der Waals surface area contributed by atoms with Crippen LogP contribution in [0.3, 0.4) is 0 Å². The van der Waals surface area contributed by atoms with E-state index in [4.69, 9.17) is 0 Å². The maximum absolute atomic E-state index is 12.2. The van der Waals surface area contributed by atoms with Gasteiger partial charge in [-0.25, -0.2) is 0 Å². The molecular formula is C18H28N2O. The van der Waals surface area contributed by atoms with Crippen LogP contribution in [0.2, 0.25) is 0 Å². The molecule has 0 spiro atoms. The summed E-state index contributed by atoms with van der Waals surface area (Å²) >= 11 is 0. The second kappa shape index (κ2) is 8.18. The fourth-order valence-corrected chi connectivity index (χ4v) is 2.93. The molecule has 3 heteroatoms. The van der Waals surface area contributed by atoms with E-state index >= 15 is 0 Å². The molecule has 2 rings (SSSR count). The van der Waals surface area contributed by atoms with Crippen molar-refractivity contribution in [3.05, 3.63) is 35.4 Å². The second-order valence-corrected chi connectivity index (χ2v) is 6.15. The minimum absolute atomic E-state index is 0.271. The molecule has 0 aliphatic carbocycles. The van der Waals surface area contributed by atoms with Gasteiger partial charge < -0.3 is 10.2 Å². The minimum Gasteiger partial charge on any atom is -0.341 e. The average Bonchev–Trinajstić information content (AvgIpc) is 2.54. The van der Waals surface area contributed by atoms with Gasteiger partial charge in [0.15, 0.2) is 0 Å². The quantitative estimate of drug-likeness (QED) is 0.873. The fraction of sp³-hybridized carbons (Fsp3) is 0.611. The molecule has 0 aromatic heterocycles. The number of amides is 1. The highest BCUT2D eigenvalue weighted by Crippen LogP contribution is 2.18. The van der Waals surface area contributed by atoms with Gasteiger partial charge in [-0.15, -0.1) is 0 Å². The van der Waals surface area contributed by atoms with E-state index in [-0.39, 0.29) is 5.91 Å². The van der Waals surface area contributed by atoms with Crippen LogP contribution in [-0.2, 0) is 17.8 Å². The fourth-order valence-electron chi connectivity index (χ4n) is 2.93. The number of hydrogen-bond acceptors (Lipinski definition) is 2. The van der Waals surface area contributed by atoms with E-state index in [0.29, 0.717) is 6.42 Å². The zero-order valence-electron chi connectivity index (χ0n) is 13.4. The van der Waals surface area contributed by atoms with E-state index in [1.165, 1.54) is 24.0 Å². The smallest absolute Gasteiger partial charge is 0.222 e. The summed E-state index contributed by atoms with van der Waals surface area (Å²) in [6.07, 6.45) is 5.23. The number of hydrogen-bond donors (Lipinski definition) is 1. The number of nitrogens with zero attached hydrogens (tertiary/aromatic N) is 1. The summed E-state index contributed by atoms with van der Waals surface area (Å²) in [5.41, 5.74) is 2.56. The normalized spacial score (nSPS) is 15.9. The number of nitrogens with one attached hydrogen (secondary N) is 1. The second-order valence-electron chi connectivity index (χ2n) is 6.15. The molecule has 1 aliphatic heterocycles. The van der Waals surface area contributed by atoms with Crippen LogP contribution in [0, 0.1) is 5.92 Å². The monoisotopic (exact) mass is 288 g/mol. The Morgan fingerprint density at radius 3 is 2.43 bits per heavy atom. The molecule has 1 aromatic carbocycles. The number of aryl methyl sites for hydroxylation is 1. The van der Waals surface area contributed by atoms with Gasteiger partial charge in [-0.3, -0.25) is 4.79 Å². The zero-order valence-corrected chi connectivity index (χ0v) is 13.4. The van der Waals surface area contributed by atoms with E-state index < -0.39 is 0 Å². The Bertz CT molecular complexity index is 435. The van der Waals surface area contributed by atoms with E-state index in [2.05, 4.69) is 36.5 Å². The van der Waals surface area contributed by atoms with Gasteiger partial charge in [0.05, 0.1) is 0 Å². The third-order valence-corrected chi connectivity index (χ3v) is 4.50. The van der Waals surface area contributed by atoms with Crippen molar-refractivity contribution in [3.8, 4) is 0 Å². The van der Waals surface area contributed by atoms with E-state index in [1.54, 1.807) is 0 Å². The molecule has 1 heterocycles. The summed E-state index contributed by atoms with van der Waals surface area (Å²) in [7, 11) is 1.92. The lowest BCUT2D eigenvalue weighted by molar-refractivity contribution is -0.130. The van der Waals surface area contributed by atoms with Gasteiger partial charge in [0.25, 0.3) is 0 Å². The van der Waals surface area contributed by atoms with Crippen molar-refractivity contribution in [1.29, 1.82) is 0 Å². The van der Waals surface area contributed by atoms with Crippen LogP contribution in [0.1, 0.15) is 43.7 Å². The lowest BCUT2D eigenvalue weighted by atomic mass is 9.93. The molecule has 0 unspecified atom stereocenters. The molecule has 0 radical (unpaired) electrons. The molecule has 0 atom stereocenters. The molecule has 1 fully saturated rings. The highest BCUT2D eigenvalue weighted by atomic mass is 16.2. The molecule has 3 nitrogen and oxygen atoms in total. The largest absolute Gasteiger partial charge is 0.341 e. The Labute approximate surface area is 128 Å². The predicted molar refractivity (Wildman–Crippen MR) is 87.1 cm³/mol. The van der Waals surface area contributed by atoms with E-state index in [9.17, 15) is 4.79 Å². The van der Waals surface area contributed by atoms with Gasteiger partial charge in [0, 0.05) is 20.0 Å². The van der Waals surface area contributed by atoms with Crippen LogP contribution in [0.25, 0.3) is 0 Å². The van der Waals surface area contributed by atoms with Gasteiger partial charge in [0.2, 0.25) is 5.91 Å². The third kappa shape index (κ3) is 5.16. The number of carbonyl (C=O) groups is 1. The highest BCUT2D eigenvalue weighted by molar-refractivity contribution is 5.75. The first-order chi connectivity index (χ1) is 10.2. The highest BCUT2D eigenvalue weighted by Gasteiger charge is 2.16. The Kier molecular flexibility index (Phi) is 6.24. The molecule has 0 saturated carbocycles. The number of carbonyl (C=O) groups excluding carboxylic acids is 1. The van der Waals surface area contributed by atoms with Gasteiger partial charge in [0.1, 0.15) is 0 Å². The van der Waals surface area contributed by atoms with Crippen LogP contribution in [0.15, 0.2) is 24.3 Å². The first kappa shape index (κ1) is 16.0. The SMILES string of the molecule is CCc1ccc(CN(C)C(=O)CCC2CCNCC2)cc1. The summed E-state index contributed by atoms with van der Waals surface area (Å²) in [6.45, 7) is 5.09. The van der Waals surface area contributed by atoms with E-state index in [0.717, 1.165) is 38.4 Å². The number of piperidine rings is 1. The Hall–Kier alpha value is -1.35. The zero-order chi connectivity index (χ0) is 15.1. The lowest BCUT2D eigenvalue weighted by Crippen LogP contribution is -2.30. The van der Waals surface area contributed by atoms with Gasteiger partial charge in [-0.05, 0) is 55.8 Å². The molecule has 21 heavy (non-hydrogen) atoms. The molecule has 1 saturated heterocycles. The van der Waals surface area contributed by atoms with Crippen molar-refractivity contribution in [2.24, 2.45) is 5.92 Å². The standard InChI is InChI=1S/C18H28N2O/c1-3-15-4-6-17(7-5-15)14-20(2)18(21)9-8-16-10-12-19-13-11-16/h4-7,16,19H,3,8-14H2,1-2H3. The predicted octanol–water partition coefficient (Wildman–Crippen LogP) is 2.99. The van der Waals surface area contributed by atoms with Crippen molar-refractivity contribution in [2.75, 3.05) is 20.1 Å². The molecule has 1 aliphatic rings. The van der Waals surface area contributed by atoms with Crippen molar-refractivity contribution in [2.45, 2.75) is 45.6 Å². The summed E-state index contributed by atoms with van der Waals surface area (Å²) in [6, 6.07) is 8.58. The summed E-state index contributed by atoms with van der Waals surface area (Å²) in [5, 5.41) is 3.37. The first-order valence-corrected chi connectivity index (χ1v) is 8.21. The van der Waals surface area contributed by atoms with Crippen molar-refractivity contribution >= 4 is 5.91 Å². The minimum atomic E-state index is 0.271. The van der Waals surface area contributed by atoms with Gasteiger partial charge >= 0.3 is 0 Å². The Morgan fingerprint density at radius 1 is 1.19 bits per heavy atom. The summed E-state index contributed by atoms with van der Waals surface area (Å²) in [4.78, 5) is 14.1. The van der Waals surface area contributed by atoms with Crippen molar-refractivity contribution in [3.63, 3.8) is 0 Å². The van der Waals surface area contributed by atoms with Crippen LogP contribution < -0.4 is 5.32 Å². The van der Waals surface area contributed by atoms with Crippen LogP contribution in [0.4, 0.5) is 0 Å². The Morgan fingerprint density at radius 2 is 1.81 bits per heavy atom. The van der Waals surface area contributed by atoms with Crippen molar-refractivity contribution < 1.29 is 4.79 Å². The number of rotatable bonds is 6. The molecular weight excluding hydrogens is 260 g/mol. The topological polar surface area (TPSA) is 32.3 Å². The molecule has 116 valence electrons. The maximum atomic E-state index is 12.2. The summed E-state index contributed by atoms with van der Waals surface area (Å²) in [5.74, 6) is 1.00. The maximum Gasteiger partial charge on any atom is 0.222 e. The van der Waals surface area contributed by atoms with Crippen LogP contribution in [-0.4, -0.2) is 30.9 Å². The molecule has 1 aromatic rings. The lowest BCUT2D eigenvalue weighted by Gasteiger charge is -2.23. The van der Waals surface area contributed by atoms with Gasteiger partial charge in [-0.2, -0.15) is 0 Å². The van der Waals surface area contributed by atoms with Crippen LogP contribution >= 0.6 is 0 Å². The van der Waals surface area contributed by atoms with Gasteiger partial charge in [-0.1, -0.05) is 31.2 Å². The first-order valence-electron chi connectivity index (χ1n) is 8.21. The Balaban J connectivity index is 1.75. The van der Waals surface area contributed by atoms with Crippen LogP contribution in [0.5, 0.6) is 0 Å². The molecule has 1 N–H and O–H groups in total. The van der Waals surface area contributed by atoms with Crippen molar-refractivity contribution in [1.82, 2.24) is 10.2 Å². The third-order valence-electron chi connectivity index (χ3n) is 4.50. The average molecular weight is 288 g/mol.